The van der Waals surface area contributed by atoms with Gasteiger partial charge in [0.05, 0.1) is 49.4 Å². The molecule has 0 radical (unpaired) electrons. The van der Waals surface area contributed by atoms with Crippen molar-refractivity contribution in [2.24, 2.45) is 5.41 Å². The van der Waals surface area contributed by atoms with Crippen molar-refractivity contribution in [2.75, 3.05) is 32.8 Å². The van der Waals surface area contributed by atoms with E-state index in [1.807, 2.05) is 0 Å². The van der Waals surface area contributed by atoms with E-state index in [-0.39, 0.29) is 40.8 Å². The van der Waals surface area contributed by atoms with Crippen molar-refractivity contribution in [1.29, 1.82) is 0 Å². The van der Waals surface area contributed by atoms with Crippen molar-refractivity contribution in [3.05, 3.63) is 29.0 Å². The van der Waals surface area contributed by atoms with Gasteiger partial charge in [-0.3, -0.25) is 4.79 Å². The minimum atomic E-state index is -0.818. The summed E-state index contributed by atoms with van der Waals surface area (Å²) in [4.78, 5) is 49.9. The summed E-state index contributed by atoms with van der Waals surface area (Å²) in [5.74, 6) is -1.24. The lowest BCUT2D eigenvalue weighted by Gasteiger charge is -2.26. The van der Waals surface area contributed by atoms with E-state index in [1.165, 1.54) is 26.4 Å². The molecular formula is C23H31N3O8. The molecule has 11 nitrogen and oxygen atoms in total. The van der Waals surface area contributed by atoms with Gasteiger partial charge in [0.15, 0.2) is 11.5 Å². The average molecular weight is 478 g/mol. The third-order valence-corrected chi connectivity index (χ3v) is 4.89. The molecule has 0 saturated heterocycles. The first-order chi connectivity index (χ1) is 15.9. The second-order valence-corrected chi connectivity index (χ2v) is 8.47. The number of anilines is 1. The number of carbonyl (C=O) groups excluding carboxylic acids is 4. The summed E-state index contributed by atoms with van der Waals surface area (Å²) in [7, 11) is 2.83. The highest BCUT2D eigenvalue weighted by molar-refractivity contribution is 6.03. The molecule has 0 saturated carbocycles. The summed E-state index contributed by atoms with van der Waals surface area (Å²) < 4.78 is 21.0. The van der Waals surface area contributed by atoms with E-state index in [2.05, 4.69) is 16.0 Å². The Morgan fingerprint density at radius 1 is 1.03 bits per heavy atom. The first-order valence-corrected chi connectivity index (χ1v) is 10.6. The van der Waals surface area contributed by atoms with Gasteiger partial charge in [0.25, 0.3) is 0 Å². The van der Waals surface area contributed by atoms with Crippen LogP contribution in [-0.4, -0.2) is 57.4 Å². The maximum atomic E-state index is 13.0. The zero-order valence-corrected chi connectivity index (χ0v) is 20.4. The van der Waals surface area contributed by atoms with Gasteiger partial charge >= 0.3 is 18.0 Å². The van der Waals surface area contributed by atoms with Gasteiger partial charge in [-0.15, -0.1) is 0 Å². The van der Waals surface area contributed by atoms with Gasteiger partial charge in [-0.05, 0) is 13.8 Å². The molecule has 0 aromatic heterocycles. The van der Waals surface area contributed by atoms with Crippen LogP contribution in [0.25, 0.3) is 0 Å². The summed E-state index contributed by atoms with van der Waals surface area (Å²) in [5.41, 5.74) is -0.332. The Bertz CT molecular complexity index is 1010. The SMILES string of the molecule is CCOC(=O)C1=C(COC(=O)c2cc(OC)c(OC)cc2NC(=O)C(C)(C)C)NC(=O)NC1C. The van der Waals surface area contributed by atoms with Crippen LogP contribution in [0.5, 0.6) is 11.5 Å². The smallest absolute Gasteiger partial charge is 0.340 e. The van der Waals surface area contributed by atoms with E-state index in [0.717, 1.165) is 0 Å². The summed E-state index contributed by atoms with van der Waals surface area (Å²) in [6.07, 6.45) is 0. The first kappa shape index (κ1) is 26.5. The quantitative estimate of drug-likeness (QED) is 0.485. The standard InChI is InChI=1S/C23H31N3O8/c1-8-33-20(28)18-12(2)24-22(30)26-15(18)11-34-19(27)13-9-16(31-6)17(32-7)10-14(13)25-21(29)23(3,4)5/h9-10,12H,8,11H2,1-7H3,(H,25,29)(H2,24,26,30). The Morgan fingerprint density at radius 3 is 2.21 bits per heavy atom. The summed E-state index contributed by atoms with van der Waals surface area (Å²) in [6.45, 7) is 8.18. The van der Waals surface area contributed by atoms with Crippen LogP contribution in [0.2, 0.25) is 0 Å². The van der Waals surface area contributed by atoms with Crippen molar-refractivity contribution >= 4 is 29.6 Å². The Kier molecular flexibility index (Phi) is 8.50. The lowest BCUT2D eigenvalue weighted by molar-refractivity contribution is -0.139. The van der Waals surface area contributed by atoms with Crippen molar-refractivity contribution in [3.63, 3.8) is 0 Å². The highest BCUT2D eigenvalue weighted by Crippen LogP contribution is 2.34. The van der Waals surface area contributed by atoms with Crippen LogP contribution in [0.1, 0.15) is 45.0 Å². The number of nitrogens with one attached hydrogen (secondary N) is 3. The number of esters is 2. The van der Waals surface area contributed by atoms with E-state index in [4.69, 9.17) is 18.9 Å². The van der Waals surface area contributed by atoms with E-state index < -0.39 is 36.0 Å². The normalized spacial score (nSPS) is 15.6. The number of amides is 3. The largest absolute Gasteiger partial charge is 0.493 e. The fraction of sp³-hybridized carbons (Fsp3) is 0.478. The average Bonchev–Trinajstić information content (AvgIpc) is 2.76. The molecule has 3 N–H and O–H groups in total. The maximum absolute atomic E-state index is 13.0. The zero-order valence-electron chi connectivity index (χ0n) is 20.4. The monoisotopic (exact) mass is 477 g/mol. The number of carbonyl (C=O) groups is 4. The lowest BCUT2D eigenvalue weighted by Crippen LogP contribution is -2.50. The van der Waals surface area contributed by atoms with Crippen LogP contribution in [-0.2, 0) is 19.1 Å². The van der Waals surface area contributed by atoms with Crippen LogP contribution < -0.4 is 25.4 Å². The predicted octanol–water partition coefficient (Wildman–Crippen LogP) is 2.36. The minimum Gasteiger partial charge on any atom is -0.493 e. The fourth-order valence-corrected chi connectivity index (χ4v) is 3.07. The topological polar surface area (TPSA) is 141 Å². The van der Waals surface area contributed by atoms with Crippen molar-refractivity contribution in [1.82, 2.24) is 10.6 Å². The molecule has 0 bridgehead atoms. The highest BCUT2D eigenvalue weighted by Gasteiger charge is 2.31. The van der Waals surface area contributed by atoms with E-state index in [9.17, 15) is 19.2 Å². The molecule has 0 aliphatic carbocycles. The van der Waals surface area contributed by atoms with Crippen LogP contribution in [0, 0.1) is 5.41 Å². The second-order valence-electron chi connectivity index (χ2n) is 8.47. The van der Waals surface area contributed by atoms with Gasteiger partial charge in [0.2, 0.25) is 5.91 Å². The van der Waals surface area contributed by atoms with Crippen LogP contribution in [0.4, 0.5) is 10.5 Å². The molecule has 1 aliphatic heterocycles. The number of methoxy groups -OCH3 is 2. The molecule has 1 atom stereocenters. The van der Waals surface area contributed by atoms with Crippen molar-refractivity contribution in [3.8, 4) is 11.5 Å². The summed E-state index contributed by atoms with van der Waals surface area (Å²) in [6, 6.07) is 1.64. The van der Waals surface area contributed by atoms with Gasteiger partial charge in [0, 0.05) is 17.5 Å². The molecule has 1 aromatic carbocycles. The molecule has 1 unspecified atom stereocenters. The molecule has 3 amide bonds. The van der Waals surface area contributed by atoms with Gasteiger partial charge in [-0.2, -0.15) is 0 Å². The highest BCUT2D eigenvalue weighted by atomic mass is 16.5. The van der Waals surface area contributed by atoms with Gasteiger partial charge in [-0.25, -0.2) is 14.4 Å². The van der Waals surface area contributed by atoms with Crippen LogP contribution in [0.3, 0.4) is 0 Å². The number of hydrogen-bond donors (Lipinski definition) is 3. The van der Waals surface area contributed by atoms with E-state index in [0.29, 0.717) is 5.75 Å². The van der Waals surface area contributed by atoms with Crippen molar-refractivity contribution in [2.45, 2.75) is 40.7 Å². The molecular weight excluding hydrogens is 446 g/mol. The summed E-state index contributed by atoms with van der Waals surface area (Å²) >= 11 is 0. The minimum absolute atomic E-state index is 0.00171. The van der Waals surface area contributed by atoms with E-state index >= 15 is 0 Å². The molecule has 34 heavy (non-hydrogen) atoms. The third-order valence-electron chi connectivity index (χ3n) is 4.89. The third kappa shape index (κ3) is 6.18. The van der Waals surface area contributed by atoms with Crippen molar-refractivity contribution < 1.29 is 38.1 Å². The number of benzene rings is 1. The van der Waals surface area contributed by atoms with E-state index in [1.54, 1.807) is 34.6 Å². The molecule has 2 rings (SSSR count). The number of ether oxygens (including phenoxy) is 4. The maximum Gasteiger partial charge on any atom is 0.340 e. The Hall–Kier alpha value is -3.76. The number of urea groups is 1. The number of hydrogen-bond acceptors (Lipinski definition) is 8. The van der Waals surface area contributed by atoms with Gasteiger partial charge < -0.3 is 34.9 Å². The molecule has 1 aromatic rings. The van der Waals surface area contributed by atoms with Gasteiger partial charge in [-0.1, -0.05) is 20.8 Å². The second kappa shape index (κ2) is 10.9. The number of rotatable bonds is 8. The lowest BCUT2D eigenvalue weighted by atomic mass is 9.95. The molecule has 11 heteroatoms. The molecule has 0 spiro atoms. The molecule has 1 heterocycles. The van der Waals surface area contributed by atoms with Crippen LogP contribution >= 0.6 is 0 Å². The summed E-state index contributed by atoms with van der Waals surface area (Å²) in [5, 5.41) is 7.76. The van der Waals surface area contributed by atoms with Crippen LogP contribution in [0.15, 0.2) is 23.4 Å². The Balaban J connectivity index is 2.40. The fourth-order valence-electron chi connectivity index (χ4n) is 3.07. The molecule has 1 aliphatic rings. The molecule has 186 valence electrons. The van der Waals surface area contributed by atoms with Gasteiger partial charge in [0.1, 0.15) is 6.61 Å². The Morgan fingerprint density at radius 2 is 1.65 bits per heavy atom. The Labute approximate surface area is 198 Å². The molecule has 0 fully saturated rings. The first-order valence-electron chi connectivity index (χ1n) is 10.6. The predicted molar refractivity (Wildman–Crippen MR) is 123 cm³/mol. The zero-order chi connectivity index (χ0) is 25.6.